The molecule has 4 rings (SSSR count). The van der Waals surface area contributed by atoms with Crippen molar-refractivity contribution in [2.24, 2.45) is 5.73 Å². The van der Waals surface area contributed by atoms with E-state index in [1.165, 1.54) is 0 Å². The first kappa shape index (κ1) is 21.8. The molecule has 1 fully saturated rings. The Balaban J connectivity index is 1.67. The van der Waals surface area contributed by atoms with Gasteiger partial charge in [0.15, 0.2) is 0 Å². The van der Waals surface area contributed by atoms with Gasteiger partial charge in [0.2, 0.25) is 11.8 Å². The zero-order chi connectivity index (χ0) is 22.7. The number of hydrogen-bond donors (Lipinski definition) is 1. The molecule has 1 aliphatic rings. The smallest absolute Gasteiger partial charge is 0.246 e. The van der Waals surface area contributed by atoms with Crippen LogP contribution in [0.4, 0.5) is 5.82 Å². The number of rotatable bonds is 5. The average molecular weight is 450 g/mol. The van der Waals surface area contributed by atoms with Crippen LogP contribution < -0.4 is 10.6 Å². The number of amides is 2. The lowest BCUT2D eigenvalue weighted by Crippen LogP contribution is -2.48. The van der Waals surface area contributed by atoms with Crippen molar-refractivity contribution in [1.82, 2.24) is 14.9 Å². The highest BCUT2D eigenvalue weighted by molar-refractivity contribution is 6.34. The van der Waals surface area contributed by atoms with Crippen molar-refractivity contribution in [2.75, 3.05) is 31.1 Å². The normalized spacial score (nSPS) is 14.3. The summed E-state index contributed by atoms with van der Waals surface area (Å²) >= 11 is 6.71. The van der Waals surface area contributed by atoms with Crippen molar-refractivity contribution >= 4 is 40.1 Å². The second-order valence-electron chi connectivity index (χ2n) is 7.66. The number of benzene rings is 2. The number of nitrogens with two attached hydrogens (primary N) is 1. The van der Waals surface area contributed by atoms with Crippen molar-refractivity contribution in [3.05, 3.63) is 65.5 Å². The molecule has 0 radical (unpaired) electrons. The Bertz CT molecular complexity index is 1200. The van der Waals surface area contributed by atoms with E-state index < -0.39 is 5.91 Å². The number of piperazine rings is 1. The van der Waals surface area contributed by atoms with Gasteiger partial charge in [0, 0.05) is 42.2 Å². The fraction of sp³-hybridized carbons (Fsp3) is 0.250. The van der Waals surface area contributed by atoms with Crippen molar-refractivity contribution in [3.63, 3.8) is 0 Å². The number of anilines is 1. The first-order valence-electron chi connectivity index (χ1n) is 10.5. The molecule has 7 nitrogen and oxygen atoms in total. The van der Waals surface area contributed by atoms with Gasteiger partial charge in [0.25, 0.3) is 0 Å². The minimum absolute atomic E-state index is 0.0296. The van der Waals surface area contributed by atoms with E-state index in [0.717, 1.165) is 33.4 Å². The van der Waals surface area contributed by atoms with Crippen LogP contribution in [0.1, 0.15) is 12.5 Å². The lowest BCUT2D eigenvalue weighted by Gasteiger charge is -2.35. The minimum atomic E-state index is -0.397. The Morgan fingerprint density at radius 1 is 1.09 bits per heavy atom. The summed E-state index contributed by atoms with van der Waals surface area (Å²) in [6.07, 6.45) is 5.03. The molecule has 0 aliphatic carbocycles. The molecule has 164 valence electrons. The predicted molar refractivity (Wildman–Crippen MR) is 126 cm³/mol. The number of halogens is 1. The molecule has 2 aromatic carbocycles. The fourth-order valence-electron chi connectivity index (χ4n) is 4.03. The van der Waals surface area contributed by atoms with Crippen molar-refractivity contribution < 1.29 is 9.59 Å². The summed E-state index contributed by atoms with van der Waals surface area (Å²) in [5, 5.41) is 1.40. The largest absolute Gasteiger partial charge is 0.369 e. The molecule has 0 atom stereocenters. The molecule has 1 aromatic heterocycles. The van der Waals surface area contributed by atoms with Crippen molar-refractivity contribution in [1.29, 1.82) is 0 Å². The topological polar surface area (TPSA) is 92.4 Å². The number of carbonyl (C=O) groups excluding carboxylic acids is 2. The van der Waals surface area contributed by atoms with Gasteiger partial charge in [-0.15, -0.1) is 0 Å². The Hall–Kier alpha value is -3.45. The molecule has 0 spiro atoms. The number of primary amides is 1. The molecule has 2 amide bonds. The molecule has 0 unspecified atom stereocenters. The van der Waals surface area contributed by atoms with Gasteiger partial charge in [-0.1, -0.05) is 41.9 Å². The average Bonchev–Trinajstić information content (AvgIpc) is 2.79. The van der Waals surface area contributed by atoms with Crippen LogP contribution in [0.5, 0.6) is 0 Å². The highest BCUT2D eigenvalue weighted by Gasteiger charge is 2.23. The summed E-state index contributed by atoms with van der Waals surface area (Å²) in [6.45, 7) is 4.44. The third kappa shape index (κ3) is 4.43. The Morgan fingerprint density at radius 3 is 2.56 bits per heavy atom. The van der Waals surface area contributed by atoms with E-state index in [0.29, 0.717) is 31.2 Å². The minimum Gasteiger partial charge on any atom is -0.369 e. The monoisotopic (exact) mass is 449 g/mol. The van der Waals surface area contributed by atoms with Crippen molar-refractivity contribution in [3.8, 4) is 11.1 Å². The van der Waals surface area contributed by atoms with Crippen LogP contribution in [-0.2, 0) is 16.0 Å². The van der Waals surface area contributed by atoms with Gasteiger partial charge >= 0.3 is 0 Å². The number of hydrogen-bond acceptors (Lipinski definition) is 5. The van der Waals surface area contributed by atoms with Crippen LogP contribution in [0.3, 0.4) is 0 Å². The van der Waals surface area contributed by atoms with Gasteiger partial charge < -0.3 is 15.5 Å². The predicted octanol–water partition coefficient (Wildman–Crippen LogP) is 3.20. The van der Waals surface area contributed by atoms with E-state index in [2.05, 4.69) is 14.9 Å². The van der Waals surface area contributed by atoms with E-state index in [-0.39, 0.29) is 12.3 Å². The summed E-state index contributed by atoms with van der Waals surface area (Å²) in [5.41, 5.74) is 8.65. The molecule has 0 saturated carbocycles. The number of carbonyl (C=O) groups is 2. The highest BCUT2D eigenvalue weighted by Crippen LogP contribution is 2.36. The van der Waals surface area contributed by atoms with Gasteiger partial charge in [-0.05, 0) is 36.3 Å². The second-order valence-corrected chi connectivity index (χ2v) is 8.07. The van der Waals surface area contributed by atoms with Gasteiger partial charge in [0.1, 0.15) is 12.1 Å². The molecule has 1 aliphatic heterocycles. The van der Waals surface area contributed by atoms with E-state index >= 15 is 0 Å². The molecule has 3 aromatic rings. The van der Waals surface area contributed by atoms with Crippen LogP contribution in [0.2, 0.25) is 5.02 Å². The molecular weight excluding hydrogens is 426 g/mol. The van der Waals surface area contributed by atoms with Gasteiger partial charge in [-0.2, -0.15) is 0 Å². The molecule has 0 bridgehead atoms. The molecular formula is C24H24ClN5O2. The Labute approximate surface area is 191 Å². The number of aromatic nitrogens is 2. The van der Waals surface area contributed by atoms with E-state index in [1.54, 1.807) is 18.5 Å². The maximum absolute atomic E-state index is 12.1. The standard InChI is InChI=1S/C24H24ClN5O2/c1-2-5-23(32)29-8-10-30(11-9-29)24-19-13-20(25)18(14-21(19)27-15-28-24)17-7-4-3-6-16(17)12-22(26)31/h2-7,13-15H,8-12H2,1H3,(H2,26,31)/b5-2+. The molecule has 1 saturated heterocycles. The lowest BCUT2D eigenvalue weighted by molar-refractivity contribution is -0.126. The summed E-state index contributed by atoms with van der Waals surface area (Å²) in [4.78, 5) is 36.6. The van der Waals surface area contributed by atoms with Crippen LogP contribution in [0.25, 0.3) is 22.0 Å². The molecule has 2 heterocycles. The summed E-state index contributed by atoms with van der Waals surface area (Å²) in [5.74, 6) is 0.431. The Morgan fingerprint density at radius 2 is 1.84 bits per heavy atom. The van der Waals surface area contributed by atoms with Gasteiger partial charge in [0.05, 0.1) is 11.9 Å². The SMILES string of the molecule is C/C=C/C(=O)N1CCN(c2ncnc3cc(-c4ccccc4CC(N)=O)c(Cl)cc23)CC1. The fourth-order valence-corrected chi connectivity index (χ4v) is 4.30. The zero-order valence-corrected chi connectivity index (χ0v) is 18.5. The van der Waals surface area contributed by atoms with E-state index in [4.69, 9.17) is 17.3 Å². The first-order valence-corrected chi connectivity index (χ1v) is 10.8. The molecule has 2 N–H and O–H groups in total. The maximum atomic E-state index is 12.1. The summed E-state index contributed by atoms with van der Waals surface area (Å²) < 4.78 is 0. The summed E-state index contributed by atoms with van der Waals surface area (Å²) in [7, 11) is 0. The first-order chi connectivity index (χ1) is 15.5. The zero-order valence-electron chi connectivity index (χ0n) is 17.8. The summed E-state index contributed by atoms with van der Waals surface area (Å²) in [6, 6.07) is 11.4. The van der Waals surface area contributed by atoms with Crippen LogP contribution in [0, 0.1) is 0 Å². The third-order valence-corrected chi connectivity index (χ3v) is 5.89. The number of nitrogens with zero attached hydrogens (tertiary/aromatic N) is 4. The van der Waals surface area contributed by atoms with Gasteiger partial charge in [-0.25, -0.2) is 9.97 Å². The molecule has 32 heavy (non-hydrogen) atoms. The Kier molecular flexibility index (Phi) is 6.37. The maximum Gasteiger partial charge on any atom is 0.246 e. The number of allylic oxidation sites excluding steroid dienone is 1. The highest BCUT2D eigenvalue weighted by atomic mass is 35.5. The van der Waals surface area contributed by atoms with Crippen molar-refractivity contribution in [2.45, 2.75) is 13.3 Å². The van der Waals surface area contributed by atoms with Gasteiger partial charge in [-0.3, -0.25) is 9.59 Å². The second kappa shape index (κ2) is 9.36. The molecule has 8 heteroatoms. The van der Waals surface area contributed by atoms with Crippen LogP contribution in [0.15, 0.2) is 54.9 Å². The van der Waals surface area contributed by atoms with Crippen LogP contribution in [-0.4, -0.2) is 52.9 Å². The lowest BCUT2D eigenvalue weighted by atomic mass is 9.96. The van der Waals surface area contributed by atoms with E-state index in [9.17, 15) is 9.59 Å². The van der Waals surface area contributed by atoms with E-state index in [1.807, 2.05) is 48.2 Å². The van der Waals surface area contributed by atoms with Crippen LogP contribution >= 0.6 is 11.6 Å². The third-order valence-electron chi connectivity index (χ3n) is 5.58. The quantitative estimate of drug-likeness (QED) is 0.604. The number of fused-ring (bicyclic) bond motifs is 1.